The Morgan fingerprint density at radius 1 is 0.967 bits per heavy atom. The molecule has 7 nitrogen and oxygen atoms in total. The van der Waals surface area contributed by atoms with Crippen LogP contribution in [0.1, 0.15) is 36.7 Å². The van der Waals surface area contributed by atoms with Crippen LogP contribution in [0.4, 0.5) is 19.3 Å². The Balaban J connectivity index is 1.87. The highest BCUT2D eigenvalue weighted by molar-refractivity contribution is 5.97. The smallest absolute Gasteiger partial charge is 0.338 e. The van der Waals surface area contributed by atoms with Crippen LogP contribution < -0.4 is 16.0 Å². The first-order valence-electron chi connectivity index (χ1n) is 9.26. The lowest BCUT2D eigenvalue weighted by Crippen LogP contribution is -2.39. The van der Waals surface area contributed by atoms with E-state index in [1.54, 1.807) is 12.1 Å². The van der Waals surface area contributed by atoms with Gasteiger partial charge in [0, 0.05) is 24.3 Å². The minimum atomic E-state index is -1.16. The first kappa shape index (κ1) is 22.8. The number of carbonyl (C=O) groups excluding carboxylic acids is 3. The highest BCUT2D eigenvalue weighted by Gasteiger charge is 2.19. The molecule has 0 aromatic heterocycles. The molecule has 0 aliphatic carbocycles. The number of hydrogen-bond donors (Lipinski definition) is 3. The van der Waals surface area contributed by atoms with Crippen LogP contribution in [0.2, 0.25) is 0 Å². The molecule has 3 amide bonds. The molecule has 30 heavy (non-hydrogen) atoms. The molecule has 2 aromatic rings. The minimum absolute atomic E-state index is 0.0171. The van der Waals surface area contributed by atoms with Crippen LogP contribution in [-0.4, -0.2) is 30.1 Å². The maximum absolute atomic E-state index is 13.2. The predicted molar refractivity (Wildman–Crippen MR) is 107 cm³/mol. The number of amides is 3. The van der Waals surface area contributed by atoms with Gasteiger partial charge in [-0.3, -0.25) is 4.79 Å². The lowest BCUT2D eigenvalue weighted by molar-refractivity contribution is -0.123. The molecule has 0 bridgehead atoms. The van der Waals surface area contributed by atoms with E-state index in [9.17, 15) is 23.2 Å². The molecule has 0 aliphatic heterocycles. The van der Waals surface area contributed by atoms with Gasteiger partial charge in [0.15, 0.2) is 17.7 Å². The summed E-state index contributed by atoms with van der Waals surface area (Å²) >= 11 is 0. The number of benzene rings is 2. The van der Waals surface area contributed by atoms with Gasteiger partial charge < -0.3 is 20.7 Å². The highest BCUT2D eigenvalue weighted by Crippen LogP contribution is 2.14. The second-order valence-electron chi connectivity index (χ2n) is 6.84. The lowest BCUT2D eigenvalue weighted by Gasteiger charge is -2.14. The number of urea groups is 1. The molecule has 1 atom stereocenters. The number of hydrogen-bond acceptors (Lipinski definition) is 4. The number of carbonyl (C=O) groups is 3. The quantitative estimate of drug-likeness (QED) is 0.600. The van der Waals surface area contributed by atoms with Gasteiger partial charge in [0.1, 0.15) is 0 Å². The van der Waals surface area contributed by atoms with Crippen LogP contribution in [0, 0.1) is 11.6 Å². The number of nitrogens with one attached hydrogen (secondary N) is 3. The zero-order valence-electron chi connectivity index (χ0n) is 16.8. The Hall–Kier alpha value is -3.49. The average molecular weight is 419 g/mol. The van der Waals surface area contributed by atoms with E-state index in [1.807, 2.05) is 13.8 Å². The maximum atomic E-state index is 13.2. The van der Waals surface area contributed by atoms with Gasteiger partial charge in [-0.2, -0.15) is 0 Å². The van der Waals surface area contributed by atoms with Gasteiger partial charge in [-0.15, -0.1) is 0 Å². The van der Waals surface area contributed by atoms with Crippen molar-refractivity contribution in [3.63, 3.8) is 0 Å². The Bertz CT molecular complexity index is 917. The fourth-order valence-corrected chi connectivity index (χ4v) is 2.35. The summed E-state index contributed by atoms with van der Waals surface area (Å²) in [6.45, 7) is 5.33. The van der Waals surface area contributed by atoms with Crippen molar-refractivity contribution in [2.24, 2.45) is 0 Å². The fraction of sp³-hybridized carbons (Fsp3) is 0.286. The van der Waals surface area contributed by atoms with Crippen molar-refractivity contribution in [1.29, 1.82) is 0 Å². The zero-order valence-corrected chi connectivity index (χ0v) is 16.8. The van der Waals surface area contributed by atoms with E-state index in [1.165, 1.54) is 25.1 Å². The fourth-order valence-electron chi connectivity index (χ4n) is 2.35. The van der Waals surface area contributed by atoms with Gasteiger partial charge in [0.25, 0.3) is 5.91 Å². The molecule has 0 radical (unpaired) electrons. The van der Waals surface area contributed by atoms with Crippen molar-refractivity contribution in [3.8, 4) is 0 Å². The van der Waals surface area contributed by atoms with Crippen LogP contribution in [0.15, 0.2) is 42.5 Å². The summed E-state index contributed by atoms with van der Waals surface area (Å²) < 4.78 is 31.3. The SMILES string of the molecule is CC(C)NC(=O)NCc1ccc(C(=O)O[C@H](C)C(=O)Nc2ccc(F)c(F)c2)cc1. The molecule has 0 unspecified atom stereocenters. The van der Waals surface area contributed by atoms with Crippen LogP contribution in [0.25, 0.3) is 0 Å². The largest absolute Gasteiger partial charge is 0.449 e. The predicted octanol–water partition coefficient (Wildman–Crippen LogP) is 3.36. The van der Waals surface area contributed by atoms with Gasteiger partial charge in [-0.25, -0.2) is 18.4 Å². The van der Waals surface area contributed by atoms with Crippen LogP contribution in [-0.2, 0) is 16.1 Å². The second-order valence-corrected chi connectivity index (χ2v) is 6.84. The Morgan fingerprint density at radius 3 is 2.23 bits per heavy atom. The van der Waals surface area contributed by atoms with E-state index in [2.05, 4.69) is 16.0 Å². The van der Waals surface area contributed by atoms with E-state index < -0.39 is 29.6 Å². The molecule has 160 valence electrons. The van der Waals surface area contributed by atoms with Crippen LogP contribution >= 0.6 is 0 Å². The van der Waals surface area contributed by atoms with Gasteiger partial charge in [0.2, 0.25) is 0 Å². The second kappa shape index (κ2) is 10.3. The standard InChI is InChI=1S/C21H23F2N3O4/c1-12(2)25-21(29)24-11-14-4-6-15(7-5-14)20(28)30-13(3)19(27)26-16-8-9-17(22)18(23)10-16/h4-10,12-13H,11H2,1-3H3,(H,26,27)(H2,24,25,29)/t13-/m1/s1. The molecule has 0 saturated heterocycles. The molecule has 9 heteroatoms. The highest BCUT2D eigenvalue weighted by atomic mass is 19.2. The number of anilines is 1. The summed E-state index contributed by atoms with van der Waals surface area (Å²) in [6.07, 6.45) is -1.16. The molecule has 0 fully saturated rings. The van der Waals surface area contributed by atoms with E-state index in [-0.39, 0.29) is 29.9 Å². The third-order valence-electron chi connectivity index (χ3n) is 3.90. The van der Waals surface area contributed by atoms with Crippen molar-refractivity contribution in [1.82, 2.24) is 10.6 Å². The average Bonchev–Trinajstić information content (AvgIpc) is 2.69. The lowest BCUT2D eigenvalue weighted by atomic mass is 10.1. The van der Waals surface area contributed by atoms with Crippen LogP contribution in [0.3, 0.4) is 0 Å². The van der Waals surface area contributed by atoms with Gasteiger partial charge in [-0.1, -0.05) is 12.1 Å². The summed E-state index contributed by atoms with van der Waals surface area (Å²) in [4.78, 5) is 35.9. The van der Waals surface area contributed by atoms with Gasteiger partial charge in [-0.05, 0) is 50.6 Å². The summed E-state index contributed by atoms with van der Waals surface area (Å²) in [7, 11) is 0. The number of esters is 1. The normalized spacial score (nSPS) is 11.5. The molecule has 0 spiro atoms. The number of ether oxygens (including phenoxy) is 1. The molecule has 2 aromatic carbocycles. The minimum Gasteiger partial charge on any atom is -0.449 e. The molecule has 2 rings (SSSR count). The van der Waals surface area contributed by atoms with Crippen molar-refractivity contribution in [2.45, 2.75) is 39.5 Å². The molecule has 0 aliphatic rings. The summed E-state index contributed by atoms with van der Waals surface area (Å²) in [5.41, 5.74) is 1.03. The van der Waals surface area contributed by atoms with E-state index in [4.69, 9.17) is 4.74 Å². The first-order chi connectivity index (χ1) is 14.2. The Kier molecular flexibility index (Phi) is 7.85. The summed E-state index contributed by atoms with van der Waals surface area (Å²) in [5, 5.41) is 7.73. The zero-order chi connectivity index (χ0) is 22.3. The van der Waals surface area contributed by atoms with Crippen molar-refractivity contribution in [2.75, 3.05) is 5.32 Å². The maximum Gasteiger partial charge on any atom is 0.338 e. The third kappa shape index (κ3) is 6.84. The van der Waals surface area contributed by atoms with Crippen molar-refractivity contribution in [3.05, 3.63) is 65.2 Å². The van der Waals surface area contributed by atoms with Gasteiger partial charge in [0.05, 0.1) is 5.56 Å². The third-order valence-corrected chi connectivity index (χ3v) is 3.90. The molecular weight excluding hydrogens is 396 g/mol. The molecule has 0 saturated carbocycles. The van der Waals surface area contributed by atoms with Crippen LogP contribution in [0.5, 0.6) is 0 Å². The van der Waals surface area contributed by atoms with Crippen molar-refractivity contribution < 1.29 is 27.9 Å². The van der Waals surface area contributed by atoms with E-state index in [0.717, 1.165) is 17.7 Å². The van der Waals surface area contributed by atoms with E-state index in [0.29, 0.717) is 0 Å². The molecular formula is C21H23F2N3O4. The topological polar surface area (TPSA) is 96.5 Å². The summed E-state index contributed by atoms with van der Waals surface area (Å²) in [6, 6.07) is 8.95. The first-order valence-corrected chi connectivity index (χ1v) is 9.26. The van der Waals surface area contributed by atoms with Crippen molar-refractivity contribution >= 4 is 23.6 Å². The summed E-state index contributed by atoms with van der Waals surface area (Å²) in [5.74, 6) is -3.55. The Labute approximate surface area is 172 Å². The monoisotopic (exact) mass is 419 g/mol. The molecule has 0 heterocycles. The van der Waals surface area contributed by atoms with E-state index >= 15 is 0 Å². The number of rotatable bonds is 7. The Morgan fingerprint density at radius 2 is 1.63 bits per heavy atom. The number of halogens is 2. The molecule has 3 N–H and O–H groups in total. The van der Waals surface area contributed by atoms with Gasteiger partial charge >= 0.3 is 12.0 Å².